The molecule has 1 aromatic rings. The molecule has 1 amide bonds. The second-order valence-corrected chi connectivity index (χ2v) is 4.96. The van der Waals surface area contributed by atoms with Crippen LogP contribution in [0.3, 0.4) is 0 Å². The van der Waals surface area contributed by atoms with E-state index in [2.05, 4.69) is 10.6 Å². The molecule has 96 valence electrons. The summed E-state index contributed by atoms with van der Waals surface area (Å²) in [6, 6.07) is 7.66. The molecular formula is C13H16N2O3. The number of benzene rings is 1. The van der Waals surface area contributed by atoms with Crippen molar-refractivity contribution in [2.75, 3.05) is 19.6 Å². The lowest BCUT2D eigenvalue weighted by atomic mass is 9.97. The van der Waals surface area contributed by atoms with E-state index < -0.39 is 11.7 Å². The van der Waals surface area contributed by atoms with Gasteiger partial charge in [0.25, 0.3) is 5.91 Å². The third-order valence-electron chi connectivity index (χ3n) is 3.44. The van der Waals surface area contributed by atoms with Gasteiger partial charge >= 0.3 is 0 Å². The lowest BCUT2D eigenvalue weighted by Crippen LogP contribution is -2.65. The van der Waals surface area contributed by atoms with E-state index in [4.69, 9.17) is 4.74 Å². The van der Waals surface area contributed by atoms with Crippen molar-refractivity contribution < 1.29 is 14.6 Å². The summed E-state index contributed by atoms with van der Waals surface area (Å²) in [7, 11) is 0. The molecule has 5 heteroatoms. The highest BCUT2D eigenvalue weighted by atomic mass is 16.5. The first-order valence-electron chi connectivity index (χ1n) is 6.12. The second-order valence-electron chi connectivity index (χ2n) is 4.96. The Labute approximate surface area is 105 Å². The summed E-state index contributed by atoms with van der Waals surface area (Å²) in [5, 5.41) is 15.6. The van der Waals surface area contributed by atoms with Gasteiger partial charge in [0, 0.05) is 26.1 Å². The number of carbonyl (C=O) groups excluding carboxylic acids is 1. The van der Waals surface area contributed by atoms with Crippen LogP contribution in [-0.2, 0) is 11.2 Å². The predicted octanol–water partition coefficient (Wildman–Crippen LogP) is -0.559. The van der Waals surface area contributed by atoms with E-state index in [-0.39, 0.29) is 12.5 Å². The normalized spacial score (nSPS) is 23.7. The predicted molar refractivity (Wildman–Crippen MR) is 65.4 cm³/mol. The van der Waals surface area contributed by atoms with E-state index in [0.717, 1.165) is 11.3 Å². The van der Waals surface area contributed by atoms with Crippen LogP contribution in [0.2, 0.25) is 0 Å². The van der Waals surface area contributed by atoms with Crippen LogP contribution in [0, 0.1) is 0 Å². The molecule has 2 aliphatic rings. The molecule has 0 aromatic heterocycles. The third-order valence-corrected chi connectivity index (χ3v) is 3.44. The van der Waals surface area contributed by atoms with Crippen LogP contribution in [0.5, 0.6) is 5.75 Å². The number of carbonyl (C=O) groups is 1. The summed E-state index contributed by atoms with van der Waals surface area (Å²) < 4.78 is 5.58. The van der Waals surface area contributed by atoms with Crippen molar-refractivity contribution in [3.05, 3.63) is 29.8 Å². The fourth-order valence-electron chi connectivity index (χ4n) is 2.23. The average Bonchev–Trinajstić information content (AvgIpc) is 2.77. The van der Waals surface area contributed by atoms with Gasteiger partial charge in [0.1, 0.15) is 11.4 Å². The van der Waals surface area contributed by atoms with Crippen LogP contribution < -0.4 is 15.4 Å². The molecule has 18 heavy (non-hydrogen) atoms. The number of rotatable bonds is 3. The van der Waals surface area contributed by atoms with E-state index in [1.54, 1.807) is 0 Å². The maximum atomic E-state index is 11.9. The highest BCUT2D eigenvalue weighted by Gasteiger charge is 2.36. The summed E-state index contributed by atoms with van der Waals surface area (Å²) in [5.74, 6) is 0.619. The van der Waals surface area contributed by atoms with E-state index >= 15 is 0 Å². The molecule has 1 aromatic carbocycles. The first-order valence-corrected chi connectivity index (χ1v) is 6.12. The standard InChI is InChI=1S/C13H16N2O3/c16-12(15-8-13(17)6-14-7-13)11-5-9-3-1-2-4-10(9)18-11/h1-4,11,14,17H,5-8H2,(H,15,16). The molecule has 0 bridgehead atoms. The van der Waals surface area contributed by atoms with Crippen LogP contribution >= 0.6 is 0 Å². The van der Waals surface area contributed by atoms with Crippen molar-refractivity contribution in [1.82, 2.24) is 10.6 Å². The number of hydrogen-bond acceptors (Lipinski definition) is 4. The number of fused-ring (bicyclic) bond motifs is 1. The molecule has 2 heterocycles. The summed E-state index contributed by atoms with van der Waals surface area (Å²) in [5.41, 5.74) is 0.267. The van der Waals surface area contributed by atoms with Gasteiger partial charge in [-0.2, -0.15) is 0 Å². The smallest absolute Gasteiger partial charge is 0.261 e. The van der Waals surface area contributed by atoms with Crippen LogP contribution in [0.25, 0.3) is 0 Å². The highest BCUT2D eigenvalue weighted by molar-refractivity contribution is 5.82. The highest BCUT2D eigenvalue weighted by Crippen LogP contribution is 2.28. The maximum absolute atomic E-state index is 11.9. The van der Waals surface area contributed by atoms with Gasteiger partial charge in [-0.25, -0.2) is 0 Å². The van der Waals surface area contributed by atoms with Gasteiger partial charge in [-0.05, 0) is 11.6 Å². The molecule has 3 N–H and O–H groups in total. The van der Waals surface area contributed by atoms with Crippen molar-refractivity contribution in [3.8, 4) is 5.75 Å². The molecule has 1 unspecified atom stereocenters. The van der Waals surface area contributed by atoms with Gasteiger partial charge in [0.05, 0.1) is 0 Å². The largest absolute Gasteiger partial charge is 0.480 e. The van der Waals surface area contributed by atoms with Gasteiger partial charge < -0.3 is 20.5 Å². The minimum Gasteiger partial charge on any atom is -0.480 e. The van der Waals surface area contributed by atoms with Gasteiger partial charge in [0.15, 0.2) is 6.10 Å². The first-order chi connectivity index (χ1) is 8.66. The summed E-state index contributed by atoms with van der Waals surface area (Å²) in [6.07, 6.45) is 0.123. The minimum absolute atomic E-state index is 0.161. The Hall–Kier alpha value is -1.59. The molecular weight excluding hydrogens is 232 g/mol. The van der Waals surface area contributed by atoms with Gasteiger partial charge in [-0.3, -0.25) is 4.79 Å². The molecule has 0 radical (unpaired) electrons. The second kappa shape index (κ2) is 4.26. The lowest BCUT2D eigenvalue weighted by molar-refractivity contribution is -0.129. The summed E-state index contributed by atoms with van der Waals surface area (Å²) >= 11 is 0. The van der Waals surface area contributed by atoms with Crippen molar-refractivity contribution in [2.45, 2.75) is 18.1 Å². The molecule has 0 saturated carbocycles. The Balaban J connectivity index is 1.56. The van der Waals surface area contributed by atoms with Crippen LogP contribution in [-0.4, -0.2) is 42.4 Å². The molecule has 0 aliphatic carbocycles. The number of hydrogen-bond donors (Lipinski definition) is 3. The monoisotopic (exact) mass is 248 g/mol. The Bertz CT molecular complexity index is 446. The molecule has 5 nitrogen and oxygen atoms in total. The fourth-order valence-corrected chi connectivity index (χ4v) is 2.23. The summed E-state index contributed by atoms with van der Waals surface area (Å²) in [6.45, 7) is 1.33. The number of nitrogens with one attached hydrogen (secondary N) is 2. The molecule has 1 saturated heterocycles. The fraction of sp³-hybridized carbons (Fsp3) is 0.462. The van der Waals surface area contributed by atoms with Crippen LogP contribution in [0.1, 0.15) is 5.56 Å². The zero-order valence-electron chi connectivity index (χ0n) is 9.98. The van der Waals surface area contributed by atoms with E-state index in [9.17, 15) is 9.90 Å². The summed E-state index contributed by atoms with van der Waals surface area (Å²) in [4.78, 5) is 11.9. The van der Waals surface area contributed by atoms with Crippen molar-refractivity contribution in [1.29, 1.82) is 0 Å². The Morgan fingerprint density at radius 3 is 2.94 bits per heavy atom. The number of amides is 1. The number of β-amino-alcohol motifs (C(OH)–C–C–N with tert-alkyl or cyclic N) is 1. The Morgan fingerprint density at radius 1 is 1.50 bits per heavy atom. The number of para-hydroxylation sites is 1. The van der Waals surface area contributed by atoms with Gasteiger partial charge in [0.2, 0.25) is 0 Å². The van der Waals surface area contributed by atoms with Gasteiger partial charge in [-0.15, -0.1) is 0 Å². The first kappa shape index (κ1) is 11.5. The van der Waals surface area contributed by atoms with E-state index in [1.165, 1.54) is 0 Å². The van der Waals surface area contributed by atoms with Crippen molar-refractivity contribution in [3.63, 3.8) is 0 Å². The topological polar surface area (TPSA) is 70.6 Å². The number of aliphatic hydroxyl groups is 1. The lowest BCUT2D eigenvalue weighted by Gasteiger charge is -2.37. The quantitative estimate of drug-likeness (QED) is 0.670. The van der Waals surface area contributed by atoms with Gasteiger partial charge in [-0.1, -0.05) is 18.2 Å². The molecule has 1 fully saturated rings. The van der Waals surface area contributed by atoms with E-state index in [0.29, 0.717) is 19.5 Å². The van der Waals surface area contributed by atoms with Crippen LogP contribution in [0.4, 0.5) is 0 Å². The molecule has 1 atom stereocenters. The molecule has 0 spiro atoms. The van der Waals surface area contributed by atoms with E-state index in [1.807, 2.05) is 24.3 Å². The SMILES string of the molecule is O=C(NCC1(O)CNC1)C1Cc2ccccc2O1. The van der Waals surface area contributed by atoms with Crippen molar-refractivity contribution >= 4 is 5.91 Å². The minimum atomic E-state index is -0.791. The molecule has 2 aliphatic heterocycles. The Kier molecular flexibility index (Phi) is 2.72. The maximum Gasteiger partial charge on any atom is 0.261 e. The van der Waals surface area contributed by atoms with Crippen molar-refractivity contribution in [2.24, 2.45) is 0 Å². The molecule has 3 rings (SSSR count). The third kappa shape index (κ3) is 2.07. The number of ether oxygens (including phenoxy) is 1. The zero-order valence-corrected chi connectivity index (χ0v) is 9.98. The van der Waals surface area contributed by atoms with Crippen LogP contribution in [0.15, 0.2) is 24.3 Å². The average molecular weight is 248 g/mol. The Morgan fingerprint density at radius 2 is 2.28 bits per heavy atom. The zero-order chi connectivity index (χ0) is 12.6.